The van der Waals surface area contributed by atoms with Crippen LogP contribution in [0, 0.1) is 17.3 Å². The van der Waals surface area contributed by atoms with Crippen LogP contribution in [0.4, 0.5) is 0 Å². The molecule has 4 rings (SSSR count). The summed E-state index contributed by atoms with van der Waals surface area (Å²) >= 11 is 0. The maximum Gasteiger partial charge on any atom is -0.0140 e. The van der Waals surface area contributed by atoms with Crippen LogP contribution in [-0.2, 0) is 0 Å². The van der Waals surface area contributed by atoms with Gasteiger partial charge in [-0.05, 0) is 49.4 Å². The van der Waals surface area contributed by atoms with Crippen molar-refractivity contribution in [3.8, 4) is 0 Å². The second kappa shape index (κ2) is 1.01. The molecule has 0 heterocycles. The molecular formula is C10H12. The van der Waals surface area contributed by atoms with Gasteiger partial charge in [-0.15, -0.1) is 0 Å². The zero-order valence-electron chi connectivity index (χ0n) is 6.19. The fourth-order valence-corrected chi connectivity index (χ4v) is 4.11. The second-order valence-corrected chi connectivity index (χ2v) is 4.79. The van der Waals surface area contributed by atoms with Gasteiger partial charge in [0.2, 0.25) is 0 Å². The predicted octanol–water partition coefficient (Wildman–Crippen LogP) is 2.51. The van der Waals surface area contributed by atoms with Crippen molar-refractivity contribution in [2.75, 3.05) is 0 Å². The smallest absolute Gasteiger partial charge is 0.0140 e. The Morgan fingerprint density at radius 3 is 2.70 bits per heavy atom. The molecule has 0 aliphatic heterocycles. The summed E-state index contributed by atoms with van der Waals surface area (Å²) in [5.74, 6) is 2.22. The normalized spacial score (nSPS) is 60.0. The Kier molecular flexibility index (Phi) is 0.464. The van der Waals surface area contributed by atoms with Gasteiger partial charge in [0.05, 0.1) is 0 Å². The minimum Gasteiger partial charge on any atom is -0.0667 e. The first-order chi connectivity index (χ1) is 4.89. The number of fused-ring (bicyclic) bond motifs is 1. The molecule has 2 fully saturated rings. The lowest BCUT2D eigenvalue weighted by Crippen LogP contribution is -2.42. The highest BCUT2D eigenvalue weighted by atomic mass is 14.7. The largest absolute Gasteiger partial charge is 0.0667 e. The van der Waals surface area contributed by atoms with Gasteiger partial charge in [-0.25, -0.2) is 0 Å². The number of rotatable bonds is 0. The average molecular weight is 132 g/mol. The maximum absolute atomic E-state index is 1.93. The van der Waals surface area contributed by atoms with Crippen LogP contribution in [0.2, 0.25) is 0 Å². The summed E-state index contributed by atoms with van der Waals surface area (Å²) in [6.45, 7) is 0. The van der Waals surface area contributed by atoms with Crippen molar-refractivity contribution in [1.82, 2.24) is 0 Å². The number of hydrogen-bond donors (Lipinski definition) is 0. The van der Waals surface area contributed by atoms with Crippen molar-refractivity contribution < 1.29 is 0 Å². The summed E-state index contributed by atoms with van der Waals surface area (Å²) in [6.07, 6.45) is 7.77. The Morgan fingerprint density at radius 2 is 2.30 bits per heavy atom. The monoisotopic (exact) mass is 132 g/mol. The summed E-state index contributed by atoms with van der Waals surface area (Å²) in [5, 5.41) is 0. The molecule has 1 spiro atoms. The zero-order valence-corrected chi connectivity index (χ0v) is 6.19. The number of allylic oxidation sites excluding steroid dienone is 2. The molecule has 0 saturated heterocycles. The third-order valence-electron chi connectivity index (χ3n) is 4.66. The van der Waals surface area contributed by atoms with Crippen molar-refractivity contribution in [2.24, 2.45) is 17.3 Å². The van der Waals surface area contributed by atoms with E-state index in [1.54, 1.807) is 19.3 Å². The molecule has 0 aromatic rings. The van der Waals surface area contributed by atoms with Crippen LogP contribution in [0.5, 0.6) is 0 Å². The minimum atomic E-state index is 0.896. The second-order valence-electron chi connectivity index (χ2n) is 4.79. The molecule has 0 radical (unpaired) electrons. The Balaban J connectivity index is 2.02. The van der Waals surface area contributed by atoms with E-state index in [-0.39, 0.29) is 0 Å². The molecule has 0 nitrogen and oxygen atoms in total. The van der Waals surface area contributed by atoms with Gasteiger partial charge in [0.15, 0.2) is 0 Å². The SMILES string of the molecule is C1C2=C3CC4(CCC24)CC13. The van der Waals surface area contributed by atoms with Crippen LogP contribution in [0.1, 0.15) is 32.1 Å². The first-order valence-electron chi connectivity index (χ1n) is 4.61. The fraction of sp³-hybridized carbons (Fsp3) is 0.800. The summed E-state index contributed by atoms with van der Waals surface area (Å²) in [4.78, 5) is 0. The van der Waals surface area contributed by atoms with Crippen LogP contribution < -0.4 is 0 Å². The molecule has 0 aromatic carbocycles. The standard InChI is InChI=1S/C10H12/c1-2-10-4-6-3-7(9(1)10)8(6)5-10/h6,9H,1-5H2. The van der Waals surface area contributed by atoms with E-state index in [4.69, 9.17) is 0 Å². The third-order valence-corrected chi connectivity index (χ3v) is 4.66. The first kappa shape index (κ1) is 4.58. The molecule has 10 heavy (non-hydrogen) atoms. The molecule has 3 atom stereocenters. The van der Waals surface area contributed by atoms with Gasteiger partial charge < -0.3 is 0 Å². The van der Waals surface area contributed by atoms with E-state index in [2.05, 4.69) is 0 Å². The van der Waals surface area contributed by atoms with Crippen molar-refractivity contribution in [1.29, 1.82) is 0 Å². The Labute approximate surface area is 61.3 Å². The molecular weight excluding hydrogens is 120 g/mol. The first-order valence-corrected chi connectivity index (χ1v) is 4.61. The lowest BCUT2D eigenvalue weighted by molar-refractivity contribution is 0.0444. The Morgan fingerprint density at radius 1 is 1.30 bits per heavy atom. The van der Waals surface area contributed by atoms with Gasteiger partial charge in [-0.2, -0.15) is 0 Å². The topological polar surface area (TPSA) is 0 Å². The molecule has 52 valence electrons. The molecule has 2 saturated carbocycles. The zero-order chi connectivity index (χ0) is 6.34. The van der Waals surface area contributed by atoms with E-state index < -0.39 is 0 Å². The van der Waals surface area contributed by atoms with Crippen LogP contribution in [-0.4, -0.2) is 0 Å². The van der Waals surface area contributed by atoms with Crippen LogP contribution in [0.25, 0.3) is 0 Å². The van der Waals surface area contributed by atoms with Gasteiger partial charge in [0.1, 0.15) is 0 Å². The molecule has 3 unspecified atom stereocenters. The van der Waals surface area contributed by atoms with E-state index in [1.165, 1.54) is 12.8 Å². The van der Waals surface area contributed by atoms with Gasteiger partial charge in [0, 0.05) is 0 Å². The highest BCUT2D eigenvalue weighted by Crippen LogP contribution is 2.75. The quantitative estimate of drug-likeness (QED) is 0.444. The van der Waals surface area contributed by atoms with Gasteiger partial charge in [0.25, 0.3) is 0 Å². The molecule has 0 amide bonds. The Bertz CT molecular complexity index is 261. The predicted molar refractivity (Wildman–Crippen MR) is 39.5 cm³/mol. The summed E-state index contributed by atoms with van der Waals surface area (Å²) in [6, 6.07) is 0. The van der Waals surface area contributed by atoms with Crippen LogP contribution in [0.15, 0.2) is 11.1 Å². The highest BCUT2D eigenvalue weighted by Gasteiger charge is 2.64. The lowest BCUT2D eigenvalue weighted by Gasteiger charge is -2.52. The molecule has 4 aliphatic rings. The molecule has 4 aliphatic carbocycles. The highest BCUT2D eigenvalue weighted by molar-refractivity contribution is 5.46. The van der Waals surface area contributed by atoms with Crippen LogP contribution >= 0.6 is 0 Å². The molecule has 0 N–H and O–H groups in total. The number of hydrogen-bond acceptors (Lipinski definition) is 0. The van der Waals surface area contributed by atoms with Crippen molar-refractivity contribution in [3.05, 3.63) is 11.1 Å². The van der Waals surface area contributed by atoms with Crippen molar-refractivity contribution in [3.63, 3.8) is 0 Å². The lowest BCUT2D eigenvalue weighted by atomic mass is 9.52. The summed E-state index contributed by atoms with van der Waals surface area (Å²) in [5.41, 5.74) is 4.76. The Hall–Kier alpha value is -0.260. The van der Waals surface area contributed by atoms with E-state index in [9.17, 15) is 0 Å². The fourth-order valence-electron chi connectivity index (χ4n) is 4.11. The third kappa shape index (κ3) is 0.247. The van der Waals surface area contributed by atoms with E-state index >= 15 is 0 Å². The molecule has 0 heteroatoms. The van der Waals surface area contributed by atoms with E-state index in [1.807, 2.05) is 11.1 Å². The van der Waals surface area contributed by atoms with Gasteiger partial charge in [-0.3, -0.25) is 0 Å². The summed E-state index contributed by atoms with van der Waals surface area (Å²) < 4.78 is 0. The average Bonchev–Trinajstić information content (AvgIpc) is 2.23. The minimum absolute atomic E-state index is 0.896. The maximum atomic E-state index is 1.93. The van der Waals surface area contributed by atoms with Gasteiger partial charge >= 0.3 is 0 Å². The molecule has 2 bridgehead atoms. The van der Waals surface area contributed by atoms with E-state index in [0.717, 1.165) is 17.3 Å². The van der Waals surface area contributed by atoms with Crippen molar-refractivity contribution in [2.45, 2.75) is 32.1 Å². The van der Waals surface area contributed by atoms with E-state index in [0.29, 0.717) is 0 Å². The summed E-state index contributed by atoms with van der Waals surface area (Å²) in [7, 11) is 0. The molecule has 0 aromatic heterocycles. The van der Waals surface area contributed by atoms with Gasteiger partial charge in [-0.1, -0.05) is 11.1 Å². The van der Waals surface area contributed by atoms with Crippen LogP contribution in [0.3, 0.4) is 0 Å². The van der Waals surface area contributed by atoms with Crippen molar-refractivity contribution >= 4 is 0 Å².